The van der Waals surface area contributed by atoms with Crippen LogP contribution in [0, 0.1) is 6.92 Å². The third-order valence-electron chi connectivity index (χ3n) is 10.6. The maximum atomic E-state index is 14.4. The Hall–Kier alpha value is -6.99. The number of rotatable bonds is 14. The van der Waals surface area contributed by atoms with Crippen LogP contribution in [0.3, 0.4) is 0 Å². The quantitative estimate of drug-likeness (QED) is 0.0822. The molecule has 0 saturated carbocycles. The number of fused-ring (bicyclic) bond motifs is 5. The van der Waals surface area contributed by atoms with Crippen LogP contribution in [0.5, 0.6) is 23.0 Å². The fourth-order valence-corrected chi connectivity index (χ4v) is 7.01. The predicted molar refractivity (Wildman–Crippen MR) is 238 cm³/mol. The van der Waals surface area contributed by atoms with E-state index >= 15 is 0 Å². The average molecular weight is 884 g/mol. The largest absolute Gasteiger partial charge is 0.507 e. The zero-order valence-electron chi connectivity index (χ0n) is 36.8. The van der Waals surface area contributed by atoms with Crippen molar-refractivity contribution < 1.29 is 48.8 Å². The number of aromatic hydroxyl groups is 2. The van der Waals surface area contributed by atoms with Crippen LogP contribution in [-0.4, -0.2) is 112 Å². The van der Waals surface area contributed by atoms with Gasteiger partial charge < -0.3 is 62.8 Å². The van der Waals surface area contributed by atoms with Gasteiger partial charge in [0.15, 0.2) is 17.3 Å². The van der Waals surface area contributed by atoms with Crippen LogP contribution in [0.25, 0.3) is 22.5 Å². The molecule has 4 bridgehead atoms. The molecule has 19 heteroatoms. The van der Waals surface area contributed by atoms with Gasteiger partial charge in [-0.25, -0.2) is 14.8 Å². The molecule has 0 radical (unpaired) electrons. The van der Waals surface area contributed by atoms with Crippen molar-refractivity contribution in [2.45, 2.75) is 77.4 Å². The molecule has 0 unspecified atom stereocenters. The van der Waals surface area contributed by atoms with Gasteiger partial charge in [0, 0.05) is 24.6 Å². The molecule has 2 heterocycles. The van der Waals surface area contributed by atoms with Crippen molar-refractivity contribution in [2.75, 3.05) is 45.6 Å². The monoisotopic (exact) mass is 883 g/mol. The number of nitrogens with zero attached hydrogens (tertiary/aromatic N) is 3. The van der Waals surface area contributed by atoms with Gasteiger partial charge >= 0.3 is 5.97 Å². The first kappa shape index (κ1) is 48.0. The van der Waals surface area contributed by atoms with Crippen LogP contribution in [0.15, 0.2) is 48.5 Å². The summed E-state index contributed by atoms with van der Waals surface area (Å²) in [5, 5.41) is 40.3. The molecule has 1 aliphatic rings. The lowest BCUT2D eigenvalue weighted by molar-refractivity contribution is -0.142. The number of anilines is 1. The Morgan fingerprint density at radius 3 is 2.17 bits per heavy atom. The molecule has 5 rings (SSSR count). The number of carbonyl (C=O) groups is 5. The van der Waals surface area contributed by atoms with E-state index < -0.39 is 54.3 Å². The summed E-state index contributed by atoms with van der Waals surface area (Å²) in [6, 6.07) is 8.56. The van der Waals surface area contributed by atoms with E-state index in [9.17, 15) is 39.3 Å². The normalized spacial score (nSPS) is 16.5. The van der Waals surface area contributed by atoms with Gasteiger partial charge in [-0.1, -0.05) is 32.9 Å². The minimum atomic E-state index is -1.54. The number of nitrogens with one attached hydrogen (secondary N) is 3. The Kier molecular flexibility index (Phi) is 15.4. The molecule has 0 fully saturated rings. The molecule has 3 aromatic carbocycles. The van der Waals surface area contributed by atoms with Crippen LogP contribution < -0.4 is 42.6 Å². The maximum Gasteiger partial charge on any atom is 0.326 e. The number of phenols is 2. The van der Waals surface area contributed by atoms with Gasteiger partial charge in [0.1, 0.15) is 41.0 Å². The molecule has 64 heavy (non-hydrogen) atoms. The minimum Gasteiger partial charge on any atom is -0.507 e. The van der Waals surface area contributed by atoms with Crippen LogP contribution in [-0.2, 0) is 31.0 Å². The Morgan fingerprint density at radius 1 is 0.891 bits per heavy atom. The summed E-state index contributed by atoms with van der Waals surface area (Å²) in [5.41, 5.74) is 19.7. The Bertz CT molecular complexity index is 2400. The number of phenolic OH excluding ortho intramolecular Hbond substituents is 2. The zero-order valence-corrected chi connectivity index (χ0v) is 36.8. The second-order valence-electron chi connectivity index (χ2n) is 16.5. The Morgan fingerprint density at radius 2 is 1.56 bits per heavy atom. The number of aryl methyl sites for hydroxylation is 1. The number of benzene rings is 3. The minimum absolute atomic E-state index is 0.0691. The van der Waals surface area contributed by atoms with Gasteiger partial charge in [-0.3, -0.25) is 19.2 Å². The van der Waals surface area contributed by atoms with E-state index in [0.29, 0.717) is 30.5 Å². The zero-order chi connectivity index (χ0) is 47.0. The summed E-state index contributed by atoms with van der Waals surface area (Å²) in [5.74, 6) is -4.91. The lowest BCUT2D eigenvalue weighted by Gasteiger charge is -2.30. The smallest absolute Gasteiger partial charge is 0.326 e. The molecular formula is C45H57N9O10. The molecule has 1 aromatic heterocycles. The van der Waals surface area contributed by atoms with Gasteiger partial charge in [0.25, 0.3) is 5.91 Å². The van der Waals surface area contributed by atoms with Crippen molar-refractivity contribution in [1.29, 1.82) is 0 Å². The number of aliphatic carboxylic acids is 1. The van der Waals surface area contributed by atoms with Crippen molar-refractivity contribution in [2.24, 2.45) is 11.5 Å². The van der Waals surface area contributed by atoms with E-state index in [-0.39, 0.29) is 94.2 Å². The van der Waals surface area contributed by atoms with E-state index in [1.807, 2.05) is 26.8 Å². The third kappa shape index (κ3) is 11.1. The lowest BCUT2D eigenvalue weighted by atomic mass is 9.86. The van der Waals surface area contributed by atoms with Crippen molar-refractivity contribution in [3.05, 3.63) is 76.5 Å². The summed E-state index contributed by atoms with van der Waals surface area (Å²) < 4.78 is 12.0. The van der Waals surface area contributed by atoms with Gasteiger partial charge in [-0.2, -0.15) is 0 Å². The van der Waals surface area contributed by atoms with E-state index in [0.717, 1.165) is 10.5 Å². The van der Waals surface area contributed by atoms with Gasteiger partial charge in [0.05, 0.1) is 31.0 Å². The average Bonchev–Trinajstić information content (AvgIpc) is 3.22. The predicted octanol–water partition coefficient (Wildman–Crippen LogP) is 2.42. The van der Waals surface area contributed by atoms with Crippen LogP contribution >= 0.6 is 0 Å². The van der Waals surface area contributed by atoms with Crippen molar-refractivity contribution >= 4 is 35.4 Å². The van der Waals surface area contributed by atoms with Crippen LogP contribution in [0.2, 0.25) is 0 Å². The number of amides is 4. The fourth-order valence-electron chi connectivity index (χ4n) is 7.01. The lowest BCUT2D eigenvalue weighted by Crippen LogP contribution is -2.53. The number of nitrogen functional groups attached to an aromatic ring is 1. The number of carbonyl (C=O) groups excluding carboxylic acids is 4. The molecule has 4 aromatic rings. The number of hydrogen-bond donors (Lipinski definition) is 9. The molecule has 4 amide bonds. The third-order valence-corrected chi connectivity index (χ3v) is 10.6. The molecule has 0 spiro atoms. The first-order chi connectivity index (χ1) is 30.2. The summed E-state index contributed by atoms with van der Waals surface area (Å²) in [6.45, 7) is 9.10. The molecule has 0 aliphatic carbocycles. The Labute approximate surface area is 370 Å². The second-order valence-corrected chi connectivity index (χ2v) is 16.5. The topological polar surface area (TPSA) is 308 Å². The van der Waals surface area contributed by atoms with Gasteiger partial charge in [-0.05, 0) is 98.3 Å². The van der Waals surface area contributed by atoms with Gasteiger partial charge in [0.2, 0.25) is 17.7 Å². The number of hydrogen-bond acceptors (Lipinski definition) is 14. The molecule has 0 saturated heterocycles. The number of carboxylic acid groups (broad SMARTS) is 1. The first-order valence-electron chi connectivity index (χ1n) is 20.8. The SMILES string of the molecule is Cc1nc(-c2ccc(C(C)(C)C)cc2O)nc(N)c1C(=O)NCC(=O)N(C)[C@@H]1C(=O)N[C@@H](C)C(=O)N[C@H](C(=O)O)Cc2ccc(OCCCN)c(c2)-c2cc1cc(OCCCN)c2O. The number of ether oxygens (including phenoxy) is 2. The Balaban J connectivity index is 1.54. The molecule has 12 N–H and O–H groups in total. The molecule has 1 aliphatic heterocycles. The van der Waals surface area contributed by atoms with E-state index in [1.54, 1.807) is 30.3 Å². The number of aromatic nitrogens is 2. The summed E-state index contributed by atoms with van der Waals surface area (Å²) >= 11 is 0. The molecule has 19 nitrogen and oxygen atoms in total. The molecule has 3 atom stereocenters. The maximum absolute atomic E-state index is 14.4. The van der Waals surface area contributed by atoms with E-state index in [4.69, 9.17) is 26.7 Å². The van der Waals surface area contributed by atoms with Crippen molar-refractivity contribution in [3.63, 3.8) is 0 Å². The molecule has 342 valence electrons. The number of likely N-dealkylation sites (N-methyl/N-ethyl adjacent to an activating group) is 1. The highest BCUT2D eigenvalue weighted by atomic mass is 16.5. The fraction of sp³-hybridized carbons (Fsp3) is 0.400. The van der Waals surface area contributed by atoms with E-state index in [2.05, 4.69) is 25.9 Å². The highest BCUT2D eigenvalue weighted by Crippen LogP contribution is 2.45. The van der Waals surface area contributed by atoms with Crippen molar-refractivity contribution in [1.82, 2.24) is 30.8 Å². The number of nitrogens with two attached hydrogens (primary N) is 3. The summed E-state index contributed by atoms with van der Waals surface area (Å²) in [6.07, 6.45) is 0.719. The highest BCUT2D eigenvalue weighted by molar-refractivity contribution is 6.02. The van der Waals surface area contributed by atoms with Crippen molar-refractivity contribution in [3.8, 4) is 45.5 Å². The summed E-state index contributed by atoms with van der Waals surface area (Å²) in [4.78, 5) is 77.6. The summed E-state index contributed by atoms with van der Waals surface area (Å²) in [7, 11) is 1.31. The standard InChI is InChI=1S/C45H57N9O10/c1-23-36(39(48)53-40(50-23)28-11-10-27(21-32(28)55)45(3,4)5)42(59)49-22-35(56)54(6)37-26-19-30(38(57)34(20-26)64-16-8-14-47)29-17-25(9-12-33(29)63-15-7-13-46)18-31(44(61)62)52-41(58)24(2)51-43(37)60/h9-12,17,19-21,24,31,37,55,57H,7-8,13-16,18,22,46-47H2,1-6H3,(H,49,59)(H,51,60)(H,52,58)(H,61,62)(H2,48,50,53)/t24-,31-,37-/m0/s1. The second kappa shape index (κ2) is 20.5. The molecular weight excluding hydrogens is 827 g/mol. The highest BCUT2D eigenvalue weighted by Gasteiger charge is 2.35. The number of carboxylic acids is 1. The van der Waals surface area contributed by atoms with Crippen LogP contribution in [0.1, 0.15) is 79.3 Å². The van der Waals surface area contributed by atoms with Gasteiger partial charge in [-0.15, -0.1) is 0 Å². The van der Waals surface area contributed by atoms with E-state index in [1.165, 1.54) is 33.0 Å². The van der Waals surface area contributed by atoms with Crippen LogP contribution in [0.4, 0.5) is 5.82 Å². The first-order valence-corrected chi connectivity index (χ1v) is 20.8.